The fourth-order valence-corrected chi connectivity index (χ4v) is 2.58. The number of anilines is 2. The van der Waals surface area contributed by atoms with E-state index in [1.165, 1.54) is 11.8 Å². The number of amides is 2. The molecule has 2 amide bonds. The first-order valence-electron chi connectivity index (χ1n) is 6.49. The molecule has 0 aliphatic rings. The molecular weight excluding hydrogens is 368 g/mol. The number of nitrogens with one attached hydrogen (secondary N) is 1. The first-order valence-corrected chi connectivity index (χ1v) is 7.66. The molecule has 0 bridgehead atoms. The summed E-state index contributed by atoms with van der Waals surface area (Å²) < 4.78 is 0.811. The van der Waals surface area contributed by atoms with Crippen LogP contribution >= 0.6 is 27.5 Å². The summed E-state index contributed by atoms with van der Waals surface area (Å²) in [4.78, 5) is 25.0. The molecule has 6 heteroatoms. The van der Waals surface area contributed by atoms with Crippen molar-refractivity contribution in [1.82, 2.24) is 0 Å². The van der Waals surface area contributed by atoms with Crippen molar-refractivity contribution in [2.45, 2.75) is 6.92 Å². The zero-order valence-corrected chi connectivity index (χ0v) is 14.4. The Morgan fingerprint density at radius 3 is 2.32 bits per heavy atom. The molecule has 0 atom stereocenters. The van der Waals surface area contributed by atoms with Crippen LogP contribution in [0.1, 0.15) is 17.3 Å². The van der Waals surface area contributed by atoms with Crippen molar-refractivity contribution < 1.29 is 9.59 Å². The number of halogens is 2. The minimum absolute atomic E-state index is 0.0570. The van der Waals surface area contributed by atoms with Crippen LogP contribution in [-0.2, 0) is 4.79 Å². The molecule has 0 saturated carbocycles. The Hall–Kier alpha value is -1.85. The molecule has 0 fully saturated rings. The maximum absolute atomic E-state index is 12.2. The van der Waals surface area contributed by atoms with Crippen LogP contribution in [0.25, 0.3) is 0 Å². The Kier molecular flexibility index (Phi) is 5.21. The highest BCUT2D eigenvalue weighted by Crippen LogP contribution is 2.23. The van der Waals surface area contributed by atoms with Gasteiger partial charge in [-0.15, -0.1) is 0 Å². The van der Waals surface area contributed by atoms with Gasteiger partial charge in [-0.3, -0.25) is 9.59 Å². The summed E-state index contributed by atoms with van der Waals surface area (Å²) in [5.74, 6) is -0.344. The number of carbonyl (C=O) groups excluding carboxylic acids is 2. The molecule has 0 aromatic heterocycles. The van der Waals surface area contributed by atoms with Gasteiger partial charge >= 0.3 is 0 Å². The zero-order valence-electron chi connectivity index (χ0n) is 12.1. The SMILES string of the molecule is CC(=O)N(C)c1ccc(NC(=O)c2ccc(Br)cc2Cl)cc1. The van der Waals surface area contributed by atoms with Gasteiger partial charge in [-0.25, -0.2) is 0 Å². The number of benzene rings is 2. The van der Waals surface area contributed by atoms with E-state index in [0.717, 1.165) is 10.2 Å². The van der Waals surface area contributed by atoms with Gasteiger partial charge in [-0.1, -0.05) is 27.5 Å². The lowest BCUT2D eigenvalue weighted by Gasteiger charge is -2.15. The molecule has 22 heavy (non-hydrogen) atoms. The van der Waals surface area contributed by atoms with Gasteiger partial charge in [0.2, 0.25) is 5.91 Å². The van der Waals surface area contributed by atoms with Gasteiger partial charge in [-0.2, -0.15) is 0 Å². The van der Waals surface area contributed by atoms with Crippen molar-refractivity contribution in [2.24, 2.45) is 0 Å². The summed E-state index contributed by atoms with van der Waals surface area (Å²) in [5.41, 5.74) is 1.78. The van der Waals surface area contributed by atoms with Gasteiger partial charge in [-0.05, 0) is 42.5 Å². The maximum atomic E-state index is 12.2. The van der Waals surface area contributed by atoms with E-state index < -0.39 is 0 Å². The van der Waals surface area contributed by atoms with Gasteiger partial charge in [0, 0.05) is 29.8 Å². The third kappa shape index (κ3) is 3.87. The van der Waals surface area contributed by atoms with Crippen LogP contribution < -0.4 is 10.2 Å². The molecule has 0 unspecified atom stereocenters. The molecule has 1 N–H and O–H groups in total. The van der Waals surface area contributed by atoms with Gasteiger partial charge < -0.3 is 10.2 Å². The average Bonchev–Trinajstić information content (AvgIpc) is 2.47. The average molecular weight is 382 g/mol. The van der Waals surface area contributed by atoms with Crippen LogP contribution in [0.5, 0.6) is 0 Å². The van der Waals surface area contributed by atoms with Gasteiger partial charge in [0.1, 0.15) is 0 Å². The van der Waals surface area contributed by atoms with E-state index in [9.17, 15) is 9.59 Å². The van der Waals surface area contributed by atoms with Crippen molar-refractivity contribution >= 4 is 50.7 Å². The molecule has 0 heterocycles. The molecule has 114 valence electrons. The van der Waals surface area contributed by atoms with Crippen LogP contribution in [-0.4, -0.2) is 18.9 Å². The lowest BCUT2D eigenvalue weighted by molar-refractivity contribution is -0.116. The Morgan fingerprint density at radius 2 is 1.77 bits per heavy atom. The molecule has 0 spiro atoms. The van der Waals surface area contributed by atoms with E-state index in [4.69, 9.17) is 11.6 Å². The van der Waals surface area contributed by atoms with Crippen LogP contribution in [0.3, 0.4) is 0 Å². The highest BCUT2D eigenvalue weighted by atomic mass is 79.9. The first kappa shape index (κ1) is 16.5. The molecule has 0 radical (unpaired) electrons. The number of hydrogen-bond acceptors (Lipinski definition) is 2. The molecule has 2 rings (SSSR count). The number of rotatable bonds is 3. The second-order valence-corrected chi connectivity index (χ2v) is 6.03. The minimum atomic E-state index is -0.287. The molecule has 2 aromatic carbocycles. The first-order chi connectivity index (χ1) is 10.4. The topological polar surface area (TPSA) is 49.4 Å². The fraction of sp³-hybridized carbons (Fsp3) is 0.125. The minimum Gasteiger partial charge on any atom is -0.322 e. The predicted octanol–water partition coefficient (Wildman–Crippen LogP) is 4.34. The van der Waals surface area contributed by atoms with E-state index in [0.29, 0.717) is 16.3 Å². The molecule has 0 aliphatic heterocycles. The van der Waals surface area contributed by atoms with Crippen LogP contribution in [0, 0.1) is 0 Å². The standard InChI is InChI=1S/C16H14BrClN2O2/c1-10(21)20(2)13-6-4-12(5-7-13)19-16(22)14-8-3-11(17)9-15(14)18/h3-9H,1-2H3,(H,19,22). The van der Waals surface area contributed by atoms with E-state index in [2.05, 4.69) is 21.2 Å². The zero-order chi connectivity index (χ0) is 16.3. The summed E-state index contributed by atoms with van der Waals surface area (Å²) in [5, 5.41) is 3.15. The van der Waals surface area contributed by atoms with Crippen molar-refractivity contribution in [3.63, 3.8) is 0 Å². The number of nitrogens with zero attached hydrogens (tertiary/aromatic N) is 1. The monoisotopic (exact) mass is 380 g/mol. The second-order valence-electron chi connectivity index (χ2n) is 4.70. The van der Waals surface area contributed by atoms with Gasteiger partial charge in [0.15, 0.2) is 0 Å². The van der Waals surface area contributed by atoms with Crippen molar-refractivity contribution in [1.29, 1.82) is 0 Å². The molecule has 2 aromatic rings. The van der Waals surface area contributed by atoms with E-state index >= 15 is 0 Å². The highest BCUT2D eigenvalue weighted by Gasteiger charge is 2.11. The quantitative estimate of drug-likeness (QED) is 0.860. The van der Waals surface area contributed by atoms with Crippen LogP contribution in [0.4, 0.5) is 11.4 Å². The lowest BCUT2D eigenvalue weighted by atomic mass is 10.2. The van der Waals surface area contributed by atoms with Crippen molar-refractivity contribution in [3.8, 4) is 0 Å². The van der Waals surface area contributed by atoms with Crippen LogP contribution in [0.15, 0.2) is 46.9 Å². The molecule has 4 nitrogen and oxygen atoms in total. The lowest BCUT2D eigenvalue weighted by Crippen LogP contribution is -2.22. The van der Waals surface area contributed by atoms with Crippen LogP contribution in [0.2, 0.25) is 5.02 Å². The molecule has 0 aliphatic carbocycles. The van der Waals surface area contributed by atoms with E-state index in [1.807, 2.05) is 0 Å². The van der Waals surface area contributed by atoms with Crippen molar-refractivity contribution in [3.05, 3.63) is 57.5 Å². The highest BCUT2D eigenvalue weighted by molar-refractivity contribution is 9.10. The number of carbonyl (C=O) groups is 2. The normalized spacial score (nSPS) is 10.2. The Labute approximate surface area is 142 Å². The maximum Gasteiger partial charge on any atom is 0.257 e. The third-order valence-electron chi connectivity index (χ3n) is 3.16. The second kappa shape index (κ2) is 6.94. The fourth-order valence-electron chi connectivity index (χ4n) is 1.82. The van der Waals surface area contributed by atoms with Gasteiger partial charge in [0.25, 0.3) is 5.91 Å². The summed E-state index contributed by atoms with van der Waals surface area (Å²) in [6, 6.07) is 12.1. The summed E-state index contributed by atoms with van der Waals surface area (Å²) in [6.45, 7) is 1.49. The predicted molar refractivity (Wildman–Crippen MR) is 92.6 cm³/mol. The Morgan fingerprint density at radius 1 is 1.14 bits per heavy atom. The summed E-state index contributed by atoms with van der Waals surface area (Å²) >= 11 is 9.35. The van der Waals surface area contributed by atoms with Gasteiger partial charge in [0.05, 0.1) is 10.6 Å². The molecular formula is C16H14BrClN2O2. The van der Waals surface area contributed by atoms with Crippen molar-refractivity contribution in [2.75, 3.05) is 17.3 Å². The Bertz CT molecular complexity index is 717. The van der Waals surface area contributed by atoms with E-state index in [1.54, 1.807) is 49.5 Å². The third-order valence-corrected chi connectivity index (χ3v) is 3.97. The summed E-state index contributed by atoms with van der Waals surface area (Å²) in [7, 11) is 1.69. The number of hydrogen-bond donors (Lipinski definition) is 1. The molecule has 0 saturated heterocycles. The Balaban J connectivity index is 2.13. The smallest absolute Gasteiger partial charge is 0.257 e. The largest absolute Gasteiger partial charge is 0.322 e. The van der Waals surface area contributed by atoms with E-state index in [-0.39, 0.29) is 11.8 Å². The summed E-state index contributed by atoms with van der Waals surface area (Å²) in [6.07, 6.45) is 0.